The Bertz CT molecular complexity index is 1510. The number of anilines is 1. The highest BCUT2D eigenvalue weighted by Crippen LogP contribution is 2.43. The number of alkyl halides is 3. The Labute approximate surface area is 244 Å². The molecule has 3 aromatic carbocycles. The van der Waals surface area contributed by atoms with Crippen LogP contribution in [0.15, 0.2) is 83.4 Å². The van der Waals surface area contributed by atoms with Crippen LogP contribution in [0.4, 0.5) is 18.9 Å². The van der Waals surface area contributed by atoms with E-state index in [0.29, 0.717) is 18.0 Å². The molecule has 0 radical (unpaired) electrons. The number of hydrogen-bond acceptors (Lipinski definition) is 5. The molecule has 3 aromatic rings. The van der Waals surface area contributed by atoms with Gasteiger partial charge >= 0.3 is 6.18 Å². The van der Waals surface area contributed by atoms with Gasteiger partial charge in [-0.25, -0.2) is 0 Å². The van der Waals surface area contributed by atoms with Gasteiger partial charge in [0.05, 0.1) is 23.5 Å². The van der Waals surface area contributed by atoms with Gasteiger partial charge in [0.2, 0.25) is 5.91 Å². The number of amides is 2. The van der Waals surface area contributed by atoms with Gasteiger partial charge in [-0.1, -0.05) is 53.7 Å². The van der Waals surface area contributed by atoms with Crippen LogP contribution in [0.2, 0.25) is 5.02 Å². The lowest BCUT2D eigenvalue weighted by Gasteiger charge is -2.20. The Balaban J connectivity index is 1.72. The van der Waals surface area contributed by atoms with Crippen LogP contribution in [0.25, 0.3) is 0 Å². The van der Waals surface area contributed by atoms with Crippen LogP contribution in [0, 0.1) is 11.3 Å². The number of nitrogens with zero attached hydrogens (tertiary/aromatic N) is 2. The van der Waals surface area contributed by atoms with Crippen molar-refractivity contribution in [2.75, 3.05) is 11.5 Å². The number of carbonyl (C=O) groups excluding carboxylic acids is 2. The molecule has 212 valence electrons. The molecule has 1 saturated heterocycles. The summed E-state index contributed by atoms with van der Waals surface area (Å²) < 4.78 is 45.6. The summed E-state index contributed by atoms with van der Waals surface area (Å²) in [5, 5.41) is 12.1. The molecule has 2 unspecified atom stereocenters. The molecule has 2 atom stereocenters. The minimum Gasteiger partial charge on any atom is -0.494 e. The second-order valence-electron chi connectivity index (χ2n) is 9.11. The van der Waals surface area contributed by atoms with Crippen molar-refractivity contribution in [3.63, 3.8) is 0 Å². The van der Waals surface area contributed by atoms with Gasteiger partial charge in [-0.05, 0) is 73.9 Å². The van der Waals surface area contributed by atoms with Crippen molar-refractivity contribution < 1.29 is 27.5 Å². The smallest absolute Gasteiger partial charge is 0.416 e. The topological polar surface area (TPSA) is 82.4 Å². The summed E-state index contributed by atoms with van der Waals surface area (Å²) in [5.74, 6) is -0.629. The zero-order chi connectivity index (χ0) is 29.7. The molecule has 0 spiro atoms. The van der Waals surface area contributed by atoms with Gasteiger partial charge in [0.1, 0.15) is 22.4 Å². The number of nitriles is 1. The maximum atomic E-state index is 13.7. The van der Waals surface area contributed by atoms with E-state index >= 15 is 0 Å². The lowest BCUT2D eigenvalue weighted by atomic mass is 10.0. The van der Waals surface area contributed by atoms with Gasteiger partial charge in [-0.15, -0.1) is 0 Å². The van der Waals surface area contributed by atoms with E-state index in [2.05, 4.69) is 5.32 Å². The molecule has 0 saturated carbocycles. The Morgan fingerprint density at radius 1 is 1.15 bits per heavy atom. The summed E-state index contributed by atoms with van der Waals surface area (Å²) in [6, 6.07) is 20.1. The molecule has 1 aliphatic rings. The summed E-state index contributed by atoms with van der Waals surface area (Å²) in [6.07, 6.45) is -4.74. The summed E-state index contributed by atoms with van der Waals surface area (Å²) in [5.41, 5.74) is 0.131. The van der Waals surface area contributed by atoms with Gasteiger partial charge in [-0.2, -0.15) is 18.4 Å². The van der Waals surface area contributed by atoms with E-state index in [0.717, 1.165) is 35.5 Å². The fourth-order valence-corrected chi connectivity index (χ4v) is 5.77. The minimum atomic E-state index is -4.59. The molecule has 1 heterocycles. The van der Waals surface area contributed by atoms with E-state index in [1.54, 1.807) is 31.2 Å². The van der Waals surface area contributed by atoms with Gasteiger partial charge in [-0.3, -0.25) is 14.5 Å². The molecule has 0 aliphatic carbocycles. The third kappa shape index (κ3) is 6.87. The predicted molar refractivity (Wildman–Crippen MR) is 152 cm³/mol. The molecule has 41 heavy (non-hydrogen) atoms. The number of nitrogens with one attached hydrogen (secondary N) is 1. The molecule has 4 rings (SSSR count). The van der Waals surface area contributed by atoms with Crippen LogP contribution in [-0.2, 0) is 22.2 Å². The van der Waals surface area contributed by atoms with E-state index in [1.807, 2.05) is 43.3 Å². The number of halogens is 4. The third-order valence-electron chi connectivity index (χ3n) is 6.34. The van der Waals surface area contributed by atoms with Crippen molar-refractivity contribution in [2.24, 2.45) is 0 Å². The average molecular weight is 600 g/mol. The van der Waals surface area contributed by atoms with Crippen LogP contribution in [0.5, 0.6) is 5.75 Å². The molecule has 0 bridgehead atoms. The first-order valence-corrected chi connectivity index (χ1v) is 13.9. The normalized spacial score (nSPS) is 17.1. The lowest BCUT2D eigenvalue weighted by Crippen LogP contribution is -2.33. The number of hydrogen-bond donors (Lipinski definition) is 1. The van der Waals surface area contributed by atoms with Gasteiger partial charge in [0.25, 0.3) is 5.91 Å². The van der Waals surface area contributed by atoms with Crippen molar-refractivity contribution in [3.8, 4) is 11.8 Å². The fourth-order valence-electron chi connectivity index (χ4n) is 4.28. The Morgan fingerprint density at radius 3 is 2.44 bits per heavy atom. The van der Waals surface area contributed by atoms with Crippen molar-refractivity contribution >= 4 is 40.9 Å². The Hall–Kier alpha value is -3.94. The molecule has 1 fully saturated rings. The van der Waals surface area contributed by atoms with Crippen LogP contribution >= 0.6 is 23.4 Å². The second-order valence-corrected chi connectivity index (χ2v) is 10.7. The molecule has 2 amide bonds. The predicted octanol–water partition coefficient (Wildman–Crippen LogP) is 7.06. The van der Waals surface area contributed by atoms with Gasteiger partial charge in [0.15, 0.2) is 0 Å². The molecule has 6 nitrogen and oxygen atoms in total. The first kappa shape index (κ1) is 30.0. The molecule has 1 N–H and O–H groups in total. The lowest BCUT2D eigenvalue weighted by molar-refractivity contribution is -0.137. The highest BCUT2D eigenvalue weighted by atomic mass is 35.5. The monoisotopic (exact) mass is 599 g/mol. The standard InChI is InChI=1S/C30H25ClF3N3O3S/c1-3-40-23-12-10-22(11-13-23)37-28(39)26(16-20-15-21(30(32,33)34)9-14-25(20)31)41-29(37)24(17-35)27(38)36-18(2)19-7-5-4-6-8-19/h4-15,18,26H,3,16H2,1-2H3,(H,36,38)/b29-24-. The minimum absolute atomic E-state index is 0.0754. The summed E-state index contributed by atoms with van der Waals surface area (Å²) in [6.45, 7) is 4.02. The van der Waals surface area contributed by atoms with Crippen LogP contribution in [-0.4, -0.2) is 23.7 Å². The summed E-state index contributed by atoms with van der Waals surface area (Å²) in [7, 11) is 0. The van der Waals surface area contributed by atoms with Gasteiger partial charge in [0, 0.05) is 10.7 Å². The number of ether oxygens (including phenoxy) is 1. The van der Waals surface area contributed by atoms with Crippen molar-refractivity contribution in [1.29, 1.82) is 5.26 Å². The average Bonchev–Trinajstić information content (AvgIpc) is 3.25. The number of benzene rings is 3. The molecule has 0 aromatic heterocycles. The highest BCUT2D eigenvalue weighted by molar-refractivity contribution is 8.05. The van der Waals surface area contributed by atoms with Crippen molar-refractivity contribution in [3.05, 3.63) is 105 Å². The maximum Gasteiger partial charge on any atom is 0.416 e. The fraction of sp³-hybridized carbons (Fsp3) is 0.233. The number of rotatable bonds is 8. The Morgan fingerprint density at radius 2 is 1.83 bits per heavy atom. The molecule has 11 heteroatoms. The van der Waals surface area contributed by atoms with E-state index in [-0.39, 0.29) is 27.6 Å². The van der Waals surface area contributed by atoms with Crippen LogP contribution in [0.1, 0.15) is 36.6 Å². The first-order valence-electron chi connectivity index (χ1n) is 12.6. The second kappa shape index (κ2) is 12.7. The van der Waals surface area contributed by atoms with E-state index in [4.69, 9.17) is 16.3 Å². The quantitative estimate of drug-likeness (QED) is 0.221. The SMILES string of the molecule is CCOc1ccc(N2C(=O)C(Cc3cc(C(F)(F)F)ccc3Cl)S/C2=C(/C#N)C(=O)NC(C)c2ccccc2)cc1. The zero-order valence-electron chi connectivity index (χ0n) is 22.0. The summed E-state index contributed by atoms with van der Waals surface area (Å²) in [4.78, 5) is 28.3. The molecular formula is C30H25ClF3N3O3S. The van der Waals surface area contributed by atoms with Crippen molar-refractivity contribution in [2.45, 2.75) is 37.7 Å². The third-order valence-corrected chi connectivity index (χ3v) is 7.97. The number of thioether (sulfide) groups is 1. The van der Waals surface area contributed by atoms with Crippen molar-refractivity contribution in [1.82, 2.24) is 5.32 Å². The highest BCUT2D eigenvalue weighted by Gasteiger charge is 2.41. The number of carbonyl (C=O) groups is 2. The van der Waals surface area contributed by atoms with E-state index in [1.165, 1.54) is 4.90 Å². The largest absolute Gasteiger partial charge is 0.494 e. The maximum absolute atomic E-state index is 13.7. The molecular weight excluding hydrogens is 575 g/mol. The molecule has 1 aliphatic heterocycles. The van der Waals surface area contributed by atoms with Gasteiger partial charge < -0.3 is 10.1 Å². The summed E-state index contributed by atoms with van der Waals surface area (Å²) >= 11 is 7.16. The van der Waals surface area contributed by atoms with Crippen LogP contribution in [0.3, 0.4) is 0 Å². The van der Waals surface area contributed by atoms with E-state index < -0.39 is 34.8 Å². The van der Waals surface area contributed by atoms with E-state index in [9.17, 15) is 28.0 Å². The Kier molecular flexibility index (Phi) is 9.31. The zero-order valence-corrected chi connectivity index (χ0v) is 23.6. The van der Waals surface area contributed by atoms with Crippen LogP contribution < -0.4 is 15.0 Å². The first-order chi connectivity index (χ1) is 19.5.